The van der Waals surface area contributed by atoms with Crippen LogP contribution in [0.3, 0.4) is 0 Å². The molecule has 2 N–H and O–H groups in total. The average molecular weight is 341 g/mol. The third-order valence-corrected chi connectivity index (χ3v) is 4.76. The smallest absolute Gasteiger partial charge is 0.262 e. The number of nitrogens with one attached hydrogen (secondary N) is 2. The van der Waals surface area contributed by atoms with Crippen LogP contribution in [-0.2, 0) is 11.2 Å². The van der Waals surface area contributed by atoms with Gasteiger partial charge in [-0.3, -0.25) is 9.59 Å². The minimum Gasteiger partial charge on any atom is -0.361 e. The van der Waals surface area contributed by atoms with Gasteiger partial charge in [0.25, 0.3) is 5.91 Å². The lowest BCUT2D eigenvalue weighted by molar-refractivity contribution is -0.130. The molecule has 0 saturated carbocycles. The van der Waals surface area contributed by atoms with E-state index in [1.165, 1.54) is 16.2 Å². The van der Waals surface area contributed by atoms with Crippen molar-refractivity contribution in [3.63, 3.8) is 0 Å². The van der Waals surface area contributed by atoms with Crippen molar-refractivity contribution in [3.05, 3.63) is 58.4 Å². The van der Waals surface area contributed by atoms with Crippen molar-refractivity contribution < 1.29 is 9.59 Å². The maximum atomic E-state index is 12.5. The molecule has 0 aliphatic heterocycles. The van der Waals surface area contributed by atoms with Crippen molar-refractivity contribution in [2.24, 2.45) is 0 Å². The van der Waals surface area contributed by atoms with Gasteiger partial charge in [-0.25, -0.2) is 0 Å². The van der Waals surface area contributed by atoms with Crippen molar-refractivity contribution in [1.29, 1.82) is 0 Å². The minimum atomic E-state index is -0.603. The number of carbonyl (C=O) groups is 2. The second-order valence-corrected chi connectivity index (χ2v) is 6.75. The fraction of sp³-hybridized carbons (Fsp3) is 0.222. The molecule has 1 aromatic carbocycles. The zero-order valence-corrected chi connectivity index (χ0v) is 14.4. The molecule has 2 aromatic heterocycles. The summed E-state index contributed by atoms with van der Waals surface area (Å²) in [6.45, 7) is 0. The highest BCUT2D eigenvalue weighted by molar-refractivity contribution is 7.12. The maximum Gasteiger partial charge on any atom is 0.262 e. The first-order valence-corrected chi connectivity index (χ1v) is 8.54. The minimum absolute atomic E-state index is 0.120. The number of benzene rings is 1. The first kappa shape index (κ1) is 16.3. The van der Waals surface area contributed by atoms with Crippen LogP contribution in [-0.4, -0.2) is 41.8 Å². The standard InChI is InChI=1S/C18H19N3O2S/c1-21(2)18(23)15(20-17(22)16-8-5-9-24-16)10-12-11-19-14-7-4-3-6-13(12)14/h3-9,11,15,19H,10H2,1-2H3,(H,20,22)/t15-/m1/s1. The molecule has 3 aromatic rings. The van der Waals surface area contributed by atoms with Crippen molar-refractivity contribution in [2.45, 2.75) is 12.5 Å². The van der Waals surface area contributed by atoms with Gasteiger partial charge in [0.15, 0.2) is 0 Å². The summed E-state index contributed by atoms with van der Waals surface area (Å²) < 4.78 is 0. The van der Waals surface area contributed by atoms with Crippen LogP contribution in [0.25, 0.3) is 10.9 Å². The molecule has 0 aliphatic carbocycles. The van der Waals surface area contributed by atoms with Gasteiger partial charge in [0, 0.05) is 37.6 Å². The fourth-order valence-corrected chi connectivity index (χ4v) is 3.30. The summed E-state index contributed by atoms with van der Waals surface area (Å²) in [6.07, 6.45) is 2.34. The number of thiophene rings is 1. The zero-order valence-electron chi connectivity index (χ0n) is 13.6. The van der Waals surface area contributed by atoms with E-state index in [0.29, 0.717) is 11.3 Å². The van der Waals surface area contributed by atoms with Crippen LogP contribution in [0.15, 0.2) is 48.0 Å². The number of aromatic amines is 1. The lowest BCUT2D eigenvalue weighted by Gasteiger charge is -2.21. The third-order valence-electron chi connectivity index (χ3n) is 3.89. The summed E-state index contributed by atoms with van der Waals surface area (Å²) in [7, 11) is 3.39. The Balaban J connectivity index is 1.85. The summed E-state index contributed by atoms with van der Waals surface area (Å²) in [5.74, 6) is -0.338. The Bertz CT molecular complexity index is 852. The molecule has 0 bridgehead atoms. The summed E-state index contributed by atoms with van der Waals surface area (Å²) in [6, 6.07) is 10.9. The van der Waals surface area contributed by atoms with E-state index in [9.17, 15) is 9.59 Å². The summed E-state index contributed by atoms with van der Waals surface area (Å²) in [5.41, 5.74) is 2.03. The quantitative estimate of drug-likeness (QED) is 0.749. The lowest BCUT2D eigenvalue weighted by atomic mass is 10.0. The SMILES string of the molecule is CN(C)C(=O)[C@@H](Cc1c[nH]c2ccccc12)NC(=O)c1cccs1. The summed E-state index contributed by atoms with van der Waals surface area (Å²) in [4.78, 5) is 30.2. The average Bonchev–Trinajstić information content (AvgIpc) is 3.23. The van der Waals surface area contributed by atoms with Crippen LogP contribution in [0.2, 0.25) is 0 Å². The lowest BCUT2D eigenvalue weighted by Crippen LogP contribution is -2.47. The normalized spacial score (nSPS) is 12.1. The van der Waals surface area contributed by atoms with E-state index in [0.717, 1.165) is 16.5 Å². The molecule has 0 saturated heterocycles. The van der Waals surface area contributed by atoms with E-state index in [1.807, 2.05) is 41.9 Å². The number of likely N-dealkylation sites (N-methyl/N-ethyl adjacent to an activating group) is 1. The van der Waals surface area contributed by atoms with Gasteiger partial charge < -0.3 is 15.2 Å². The predicted molar refractivity (Wildman–Crippen MR) is 96.3 cm³/mol. The number of hydrogen-bond acceptors (Lipinski definition) is 3. The number of nitrogens with zero attached hydrogens (tertiary/aromatic N) is 1. The molecular formula is C18H19N3O2S. The Hall–Kier alpha value is -2.60. The summed E-state index contributed by atoms with van der Waals surface area (Å²) >= 11 is 1.36. The first-order chi connectivity index (χ1) is 11.6. The molecule has 0 unspecified atom stereocenters. The van der Waals surface area contributed by atoms with Crippen molar-refractivity contribution in [1.82, 2.24) is 15.2 Å². The number of amides is 2. The maximum absolute atomic E-state index is 12.5. The number of carbonyl (C=O) groups excluding carboxylic acids is 2. The second-order valence-electron chi connectivity index (χ2n) is 5.80. The summed E-state index contributed by atoms with van der Waals surface area (Å²) in [5, 5.41) is 5.78. The van der Waals surface area contributed by atoms with Gasteiger partial charge in [-0.2, -0.15) is 0 Å². The van der Waals surface area contributed by atoms with Crippen LogP contribution in [0, 0.1) is 0 Å². The highest BCUT2D eigenvalue weighted by Crippen LogP contribution is 2.20. The molecule has 5 nitrogen and oxygen atoms in total. The Morgan fingerprint density at radius 1 is 1.21 bits per heavy atom. The number of hydrogen-bond donors (Lipinski definition) is 2. The molecule has 24 heavy (non-hydrogen) atoms. The first-order valence-electron chi connectivity index (χ1n) is 7.67. The highest BCUT2D eigenvalue weighted by Gasteiger charge is 2.24. The van der Waals surface area contributed by atoms with Crippen LogP contribution >= 0.6 is 11.3 Å². The van der Waals surface area contributed by atoms with Crippen molar-refractivity contribution in [2.75, 3.05) is 14.1 Å². The largest absolute Gasteiger partial charge is 0.361 e. The van der Waals surface area contributed by atoms with Gasteiger partial charge in [-0.05, 0) is 23.1 Å². The topological polar surface area (TPSA) is 65.2 Å². The molecule has 0 radical (unpaired) electrons. The van der Waals surface area contributed by atoms with Gasteiger partial charge in [0.1, 0.15) is 6.04 Å². The molecule has 0 spiro atoms. The van der Waals surface area contributed by atoms with Crippen molar-refractivity contribution in [3.8, 4) is 0 Å². The molecule has 124 valence electrons. The molecular weight excluding hydrogens is 322 g/mol. The van der Waals surface area contributed by atoms with E-state index in [-0.39, 0.29) is 11.8 Å². The number of H-pyrrole nitrogens is 1. The zero-order chi connectivity index (χ0) is 17.1. The molecule has 2 amide bonds. The number of fused-ring (bicyclic) bond motifs is 1. The Morgan fingerprint density at radius 3 is 2.71 bits per heavy atom. The monoisotopic (exact) mass is 341 g/mol. The second kappa shape index (κ2) is 6.88. The van der Waals surface area contributed by atoms with E-state index in [4.69, 9.17) is 0 Å². The number of aromatic nitrogens is 1. The Labute approximate surface area is 144 Å². The Kier molecular flexibility index (Phi) is 4.66. The molecule has 0 fully saturated rings. The molecule has 2 heterocycles. The van der Waals surface area contributed by atoms with E-state index < -0.39 is 6.04 Å². The third kappa shape index (κ3) is 3.33. The van der Waals surface area contributed by atoms with Crippen LogP contribution in [0.1, 0.15) is 15.2 Å². The highest BCUT2D eigenvalue weighted by atomic mass is 32.1. The van der Waals surface area contributed by atoms with Crippen molar-refractivity contribution >= 4 is 34.1 Å². The van der Waals surface area contributed by atoms with Gasteiger partial charge in [0.05, 0.1) is 4.88 Å². The molecule has 0 aliphatic rings. The van der Waals surface area contributed by atoms with Gasteiger partial charge in [0.2, 0.25) is 5.91 Å². The van der Waals surface area contributed by atoms with E-state index >= 15 is 0 Å². The van der Waals surface area contributed by atoms with Crippen LogP contribution < -0.4 is 5.32 Å². The van der Waals surface area contributed by atoms with Gasteiger partial charge in [-0.1, -0.05) is 24.3 Å². The Morgan fingerprint density at radius 2 is 2.00 bits per heavy atom. The molecule has 3 rings (SSSR count). The van der Waals surface area contributed by atoms with Crippen LogP contribution in [0.4, 0.5) is 0 Å². The van der Waals surface area contributed by atoms with Gasteiger partial charge >= 0.3 is 0 Å². The predicted octanol–water partition coefficient (Wildman–Crippen LogP) is 2.66. The molecule has 1 atom stereocenters. The fourth-order valence-electron chi connectivity index (χ4n) is 2.67. The van der Waals surface area contributed by atoms with E-state index in [1.54, 1.807) is 20.2 Å². The molecule has 6 heteroatoms. The number of rotatable bonds is 5. The number of para-hydroxylation sites is 1. The van der Waals surface area contributed by atoms with E-state index in [2.05, 4.69) is 10.3 Å². The van der Waals surface area contributed by atoms with Gasteiger partial charge in [-0.15, -0.1) is 11.3 Å². The van der Waals surface area contributed by atoms with Crippen LogP contribution in [0.5, 0.6) is 0 Å².